The first-order valence-corrected chi connectivity index (χ1v) is 6.97. The number of hydrogen-bond donors (Lipinski definition) is 1. The second kappa shape index (κ2) is 4.38. The first-order chi connectivity index (χ1) is 9.82. The lowest BCUT2D eigenvalue weighted by Gasteiger charge is -2.17. The van der Waals surface area contributed by atoms with Gasteiger partial charge in [0.15, 0.2) is 0 Å². The average molecular weight is 285 g/mol. The fourth-order valence-corrected chi connectivity index (χ4v) is 2.77. The number of hydrogen-bond acceptors (Lipinski definition) is 4. The van der Waals surface area contributed by atoms with Crippen molar-refractivity contribution >= 4 is 21.9 Å². The van der Waals surface area contributed by atoms with E-state index in [1.54, 1.807) is 6.07 Å². The van der Waals surface area contributed by atoms with Crippen molar-refractivity contribution in [3.05, 3.63) is 40.6 Å². The van der Waals surface area contributed by atoms with Gasteiger partial charge in [-0.15, -0.1) is 0 Å². The van der Waals surface area contributed by atoms with Gasteiger partial charge in [0.1, 0.15) is 11.2 Å². The first-order valence-electron chi connectivity index (χ1n) is 6.97. The molecular weight excluding hydrogens is 266 g/mol. The van der Waals surface area contributed by atoms with E-state index in [0.29, 0.717) is 5.58 Å². The molecule has 0 aliphatic heterocycles. The van der Waals surface area contributed by atoms with Gasteiger partial charge < -0.3 is 14.0 Å². The van der Waals surface area contributed by atoms with Gasteiger partial charge in [-0.05, 0) is 36.0 Å². The number of benzene rings is 1. The molecular formula is C17H19NO3. The van der Waals surface area contributed by atoms with Crippen molar-refractivity contribution in [1.29, 1.82) is 0 Å². The minimum atomic E-state index is 0.0107. The Kier molecular flexibility index (Phi) is 2.87. The molecule has 1 aromatic carbocycles. The largest absolute Gasteiger partial charge is 0.464 e. The summed E-state index contributed by atoms with van der Waals surface area (Å²) in [7, 11) is 0. The maximum atomic E-state index is 8.94. The molecule has 0 aliphatic rings. The van der Waals surface area contributed by atoms with Gasteiger partial charge in [0.05, 0.1) is 6.26 Å². The molecule has 0 amide bonds. The molecule has 110 valence electrons. The Morgan fingerprint density at radius 3 is 2.38 bits per heavy atom. The predicted molar refractivity (Wildman–Crippen MR) is 81.5 cm³/mol. The summed E-state index contributed by atoms with van der Waals surface area (Å²) in [5, 5.41) is 14.2. The molecule has 4 nitrogen and oxygen atoms in total. The Labute approximate surface area is 122 Å². The monoisotopic (exact) mass is 285 g/mol. The highest BCUT2D eigenvalue weighted by atomic mass is 16.5. The fraction of sp³-hybridized carbons (Fsp3) is 0.353. The minimum Gasteiger partial charge on any atom is -0.464 e. The van der Waals surface area contributed by atoms with Crippen molar-refractivity contribution in [2.75, 3.05) is 0 Å². The van der Waals surface area contributed by atoms with E-state index in [4.69, 9.17) is 14.0 Å². The molecule has 2 aromatic heterocycles. The van der Waals surface area contributed by atoms with E-state index in [1.165, 1.54) is 5.56 Å². The summed E-state index contributed by atoms with van der Waals surface area (Å²) in [4.78, 5) is 0. The molecule has 0 radical (unpaired) electrons. The summed E-state index contributed by atoms with van der Waals surface area (Å²) < 4.78 is 11.4. The van der Waals surface area contributed by atoms with Crippen LogP contribution in [-0.2, 0) is 5.41 Å². The molecule has 0 atom stereocenters. The van der Waals surface area contributed by atoms with E-state index in [9.17, 15) is 0 Å². The van der Waals surface area contributed by atoms with Gasteiger partial charge in [-0.3, -0.25) is 0 Å². The molecule has 0 unspecified atom stereocenters. The summed E-state index contributed by atoms with van der Waals surface area (Å²) in [6.45, 7) is 10.4. The maximum absolute atomic E-state index is 8.94. The van der Waals surface area contributed by atoms with Crippen LogP contribution < -0.4 is 5.55 Å². The quantitative estimate of drug-likeness (QED) is 0.492. The smallest absolute Gasteiger partial charge is 0.255 e. The molecule has 0 saturated heterocycles. The Morgan fingerprint density at radius 2 is 1.76 bits per heavy atom. The summed E-state index contributed by atoms with van der Waals surface area (Å²) in [5.74, 6) is 0. The predicted octanol–water partition coefficient (Wildman–Crippen LogP) is 4.38. The average Bonchev–Trinajstić information content (AvgIpc) is 2.84. The van der Waals surface area contributed by atoms with Crippen molar-refractivity contribution < 1.29 is 14.0 Å². The van der Waals surface area contributed by atoms with E-state index in [2.05, 4.69) is 32.0 Å². The molecule has 3 rings (SSSR count). The molecule has 0 bridgehead atoms. The zero-order valence-electron chi connectivity index (χ0n) is 12.9. The van der Waals surface area contributed by atoms with E-state index in [-0.39, 0.29) is 11.0 Å². The first kappa shape index (κ1) is 13.7. The van der Waals surface area contributed by atoms with Crippen LogP contribution in [0.3, 0.4) is 0 Å². The van der Waals surface area contributed by atoms with Gasteiger partial charge in [-0.1, -0.05) is 20.8 Å². The minimum absolute atomic E-state index is 0.0107. The second-order valence-corrected chi connectivity index (χ2v) is 6.52. The van der Waals surface area contributed by atoms with Gasteiger partial charge in [-0.2, -0.15) is 0 Å². The third kappa shape index (κ3) is 2.02. The third-order valence-corrected chi connectivity index (χ3v) is 3.92. The lowest BCUT2D eigenvalue weighted by Crippen LogP contribution is -2.10. The highest BCUT2D eigenvalue weighted by Crippen LogP contribution is 2.36. The van der Waals surface area contributed by atoms with E-state index >= 15 is 0 Å². The number of aryl methyl sites for hydroxylation is 2. The summed E-state index contributed by atoms with van der Waals surface area (Å²) >= 11 is 0. The molecule has 0 aliphatic carbocycles. The van der Waals surface area contributed by atoms with E-state index in [0.717, 1.165) is 27.5 Å². The topological polar surface area (TPSA) is 58.9 Å². The molecule has 4 heteroatoms. The zero-order chi connectivity index (χ0) is 15.4. The normalized spacial score (nSPS) is 13.5. The summed E-state index contributed by atoms with van der Waals surface area (Å²) in [6.07, 6.45) is 1.82. The Bertz CT molecular complexity index is 908. The lowest BCUT2D eigenvalue weighted by molar-refractivity contribution is 0.276. The fourth-order valence-electron chi connectivity index (χ4n) is 2.77. The van der Waals surface area contributed by atoms with Gasteiger partial charge in [0.2, 0.25) is 0 Å². The van der Waals surface area contributed by atoms with Crippen LogP contribution in [0.15, 0.2) is 32.4 Å². The van der Waals surface area contributed by atoms with Gasteiger partial charge in [0, 0.05) is 28.0 Å². The van der Waals surface area contributed by atoms with Crippen LogP contribution in [0.5, 0.6) is 0 Å². The van der Waals surface area contributed by atoms with Crippen molar-refractivity contribution in [2.24, 2.45) is 5.16 Å². The van der Waals surface area contributed by atoms with Gasteiger partial charge in [-0.25, -0.2) is 0 Å². The molecule has 1 N–H and O–H groups in total. The maximum Gasteiger partial charge on any atom is 0.255 e. The molecule has 0 saturated carbocycles. The van der Waals surface area contributed by atoms with Gasteiger partial charge in [0.25, 0.3) is 5.55 Å². The van der Waals surface area contributed by atoms with Crippen LogP contribution in [0.25, 0.3) is 21.9 Å². The summed E-state index contributed by atoms with van der Waals surface area (Å²) in [6, 6.07) is 3.83. The van der Waals surface area contributed by atoms with Crippen molar-refractivity contribution in [2.45, 2.75) is 40.0 Å². The SMILES string of the molecule is Cc1c/c(=N\O)oc2c(C)c3occ(C(C)(C)C)c3cc12. The highest BCUT2D eigenvalue weighted by Gasteiger charge is 2.22. The second-order valence-electron chi connectivity index (χ2n) is 6.52. The molecule has 0 fully saturated rings. The molecule has 2 heterocycles. The van der Waals surface area contributed by atoms with Crippen LogP contribution >= 0.6 is 0 Å². The van der Waals surface area contributed by atoms with Crippen molar-refractivity contribution in [3.8, 4) is 0 Å². The van der Waals surface area contributed by atoms with E-state index in [1.807, 2.05) is 20.1 Å². The van der Waals surface area contributed by atoms with Crippen molar-refractivity contribution in [1.82, 2.24) is 0 Å². The Morgan fingerprint density at radius 1 is 1.05 bits per heavy atom. The standard InChI is InChI=1S/C17H19NO3/c1-9-6-14(18-19)21-16-10(2)15-12(7-11(9)16)13(8-20-15)17(3,4)5/h6-8,19H,1-5H3/b18-14+. The molecule has 21 heavy (non-hydrogen) atoms. The lowest BCUT2D eigenvalue weighted by atomic mass is 9.86. The van der Waals surface area contributed by atoms with Crippen LogP contribution in [0.4, 0.5) is 0 Å². The number of furan rings is 1. The third-order valence-electron chi connectivity index (χ3n) is 3.92. The number of fused-ring (bicyclic) bond motifs is 2. The van der Waals surface area contributed by atoms with Crippen LogP contribution in [0.1, 0.15) is 37.5 Å². The number of nitrogens with zero attached hydrogens (tertiary/aromatic N) is 1. The summed E-state index contributed by atoms with van der Waals surface area (Å²) in [5.41, 5.74) is 4.84. The number of rotatable bonds is 0. The van der Waals surface area contributed by atoms with E-state index < -0.39 is 0 Å². The van der Waals surface area contributed by atoms with Crippen LogP contribution in [-0.4, -0.2) is 5.21 Å². The Hall–Kier alpha value is -2.23. The van der Waals surface area contributed by atoms with Crippen LogP contribution in [0.2, 0.25) is 0 Å². The van der Waals surface area contributed by atoms with Crippen molar-refractivity contribution in [3.63, 3.8) is 0 Å². The molecule has 3 aromatic rings. The molecule has 0 spiro atoms. The highest BCUT2D eigenvalue weighted by molar-refractivity contribution is 5.99. The van der Waals surface area contributed by atoms with Crippen LogP contribution in [0, 0.1) is 13.8 Å². The zero-order valence-corrected chi connectivity index (χ0v) is 12.9. The Balaban J connectivity index is 2.51. The van der Waals surface area contributed by atoms with Gasteiger partial charge >= 0.3 is 0 Å².